The molecule has 4 heteroatoms. The summed E-state index contributed by atoms with van der Waals surface area (Å²) in [4.78, 5) is 11.9. The molecule has 0 unspecified atom stereocenters. The monoisotopic (exact) mass is 312 g/mol. The number of nitrogens with two attached hydrogens (primary N) is 1. The topological polar surface area (TPSA) is 64.4 Å². The van der Waals surface area contributed by atoms with Gasteiger partial charge in [-0.3, -0.25) is 4.79 Å². The maximum atomic E-state index is 11.9. The number of carbonyl (C=O) groups excluding carboxylic acids is 1. The van der Waals surface area contributed by atoms with E-state index in [1.165, 1.54) is 5.56 Å². The standard InChI is InChI=1S/C19H24N2O2/c1-19(2,20)18(22)21-17-10-6-9-16(13-17)14-23-12-11-15-7-4-3-5-8-15/h3-10,13H,11-12,14,20H2,1-2H3,(H,21,22). The summed E-state index contributed by atoms with van der Waals surface area (Å²) in [6.07, 6.45) is 0.888. The van der Waals surface area contributed by atoms with Gasteiger partial charge in [0, 0.05) is 5.69 Å². The van der Waals surface area contributed by atoms with E-state index in [0.717, 1.165) is 17.7 Å². The molecule has 0 radical (unpaired) electrons. The predicted octanol–water partition coefficient (Wildman–Crippen LogP) is 3.12. The van der Waals surface area contributed by atoms with Crippen molar-refractivity contribution in [1.82, 2.24) is 0 Å². The van der Waals surface area contributed by atoms with Gasteiger partial charge in [0.15, 0.2) is 0 Å². The van der Waals surface area contributed by atoms with Gasteiger partial charge in [0.2, 0.25) is 5.91 Å². The largest absolute Gasteiger partial charge is 0.376 e. The predicted molar refractivity (Wildman–Crippen MR) is 93.1 cm³/mol. The van der Waals surface area contributed by atoms with E-state index in [4.69, 9.17) is 10.5 Å². The first-order valence-electron chi connectivity index (χ1n) is 7.76. The number of nitrogens with one attached hydrogen (secondary N) is 1. The highest BCUT2D eigenvalue weighted by Gasteiger charge is 2.21. The average molecular weight is 312 g/mol. The molecule has 3 N–H and O–H groups in total. The maximum absolute atomic E-state index is 11.9. The molecule has 0 atom stereocenters. The molecule has 0 saturated heterocycles. The van der Waals surface area contributed by atoms with Crippen LogP contribution in [-0.4, -0.2) is 18.1 Å². The van der Waals surface area contributed by atoms with Crippen LogP contribution in [0.2, 0.25) is 0 Å². The second-order valence-electron chi connectivity index (χ2n) is 6.16. The number of rotatable bonds is 7. The molecule has 0 bridgehead atoms. The zero-order chi connectivity index (χ0) is 16.7. The molecule has 2 rings (SSSR count). The lowest BCUT2D eigenvalue weighted by atomic mass is 10.1. The van der Waals surface area contributed by atoms with Gasteiger partial charge in [-0.2, -0.15) is 0 Å². The summed E-state index contributed by atoms with van der Waals surface area (Å²) < 4.78 is 5.71. The zero-order valence-corrected chi connectivity index (χ0v) is 13.7. The summed E-state index contributed by atoms with van der Waals surface area (Å²) in [5.41, 5.74) is 7.90. The lowest BCUT2D eigenvalue weighted by Crippen LogP contribution is -2.45. The van der Waals surface area contributed by atoms with Crippen LogP contribution in [0.5, 0.6) is 0 Å². The molecule has 0 aliphatic heterocycles. The van der Waals surface area contributed by atoms with E-state index in [0.29, 0.717) is 13.2 Å². The van der Waals surface area contributed by atoms with Crippen LogP contribution in [0, 0.1) is 0 Å². The number of hydrogen-bond acceptors (Lipinski definition) is 3. The fourth-order valence-electron chi connectivity index (χ4n) is 2.06. The maximum Gasteiger partial charge on any atom is 0.243 e. The number of carbonyl (C=O) groups is 1. The van der Waals surface area contributed by atoms with E-state index < -0.39 is 5.54 Å². The summed E-state index contributed by atoms with van der Waals surface area (Å²) in [5, 5.41) is 2.82. The minimum atomic E-state index is -0.901. The van der Waals surface area contributed by atoms with Crippen LogP contribution in [0.3, 0.4) is 0 Å². The van der Waals surface area contributed by atoms with Gasteiger partial charge in [-0.05, 0) is 43.5 Å². The molecule has 0 fully saturated rings. The van der Waals surface area contributed by atoms with Gasteiger partial charge < -0.3 is 15.8 Å². The number of hydrogen-bond donors (Lipinski definition) is 2. The molecular weight excluding hydrogens is 288 g/mol. The second-order valence-corrected chi connectivity index (χ2v) is 6.16. The molecular formula is C19H24N2O2. The Bertz CT molecular complexity index is 633. The smallest absolute Gasteiger partial charge is 0.243 e. The Morgan fingerprint density at radius 2 is 1.78 bits per heavy atom. The summed E-state index contributed by atoms with van der Waals surface area (Å²) >= 11 is 0. The van der Waals surface area contributed by atoms with E-state index in [-0.39, 0.29) is 5.91 Å². The minimum absolute atomic E-state index is 0.209. The summed E-state index contributed by atoms with van der Waals surface area (Å²) in [5.74, 6) is -0.209. The average Bonchev–Trinajstić information content (AvgIpc) is 2.52. The third kappa shape index (κ3) is 5.85. The lowest BCUT2D eigenvalue weighted by Gasteiger charge is -2.18. The zero-order valence-electron chi connectivity index (χ0n) is 13.7. The molecule has 2 aromatic carbocycles. The first-order valence-corrected chi connectivity index (χ1v) is 7.76. The van der Waals surface area contributed by atoms with Crippen molar-refractivity contribution in [3.63, 3.8) is 0 Å². The SMILES string of the molecule is CC(C)(N)C(=O)Nc1cccc(COCCc2ccccc2)c1. The Morgan fingerprint density at radius 3 is 2.48 bits per heavy atom. The van der Waals surface area contributed by atoms with E-state index >= 15 is 0 Å². The Hall–Kier alpha value is -2.17. The molecule has 0 heterocycles. The summed E-state index contributed by atoms with van der Waals surface area (Å²) in [6.45, 7) is 4.54. The fourth-order valence-corrected chi connectivity index (χ4v) is 2.06. The Labute approximate surface area is 137 Å². The highest BCUT2D eigenvalue weighted by molar-refractivity contribution is 5.97. The Morgan fingerprint density at radius 1 is 1.09 bits per heavy atom. The van der Waals surface area contributed by atoms with Crippen LogP contribution in [0.4, 0.5) is 5.69 Å². The lowest BCUT2D eigenvalue weighted by molar-refractivity contribution is -0.120. The van der Waals surface area contributed by atoms with Gasteiger partial charge in [0.1, 0.15) is 0 Å². The molecule has 0 aliphatic carbocycles. The van der Waals surface area contributed by atoms with E-state index in [2.05, 4.69) is 17.4 Å². The number of ether oxygens (including phenoxy) is 1. The Kier molecular flexibility index (Phi) is 5.90. The molecule has 23 heavy (non-hydrogen) atoms. The van der Waals surface area contributed by atoms with Gasteiger partial charge in [0.05, 0.1) is 18.8 Å². The van der Waals surface area contributed by atoms with Crippen molar-refractivity contribution in [3.05, 3.63) is 65.7 Å². The molecule has 0 aromatic heterocycles. The van der Waals surface area contributed by atoms with Crippen LogP contribution in [0.1, 0.15) is 25.0 Å². The molecule has 0 aliphatic rings. The molecule has 2 aromatic rings. The molecule has 1 amide bonds. The minimum Gasteiger partial charge on any atom is -0.376 e. The highest BCUT2D eigenvalue weighted by Crippen LogP contribution is 2.13. The normalized spacial score (nSPS) is 11.3. The van der Waals surface area contributed by atoms with Crippen molar-refractivity contribution in [3.8, 4) is 0 Å². The summed E-state index contributed by atoms with van der Waals surface area (Å²) in [6, 6.07) is 17.9. The third-order valence-electron chi connectivity index (χ3n) is 3.42. The Balaban J connectivity index is 1.82. The quantitative estimate of drug-likeness (QED) is 0.772. The number of amides is 1. The van der Waals surface area contributed by atoms with Crippen molar-refractivity contribution in [1.29, 1.82) is 0 Å². The number of benzene rings is 2. The van der Waals surface area contributed by atoms with Gasteiger partial charge >= 0.3 is 0 Å². The van der Waals surface area contributed by atoms with Gasteiger partial charge in [-0.1, -0.05) is 42.5 Å². The van der Waals surface area contributed by atoms with Crippen molar-refractivity contribution >= 4 is 11.6 Å². The molecule has 0 spiro atoms. The van der Waals surface area contributed by atoms with E-state index in [1.807, 2.05) is 42.5 Å². The molecule has 0 saturated carbocycles. The highest BCUT2D eigenvalue weighted by atomic mass is 16.5. The second kappa shape index (κ2) is 7.90. The van der Waals surface area contributed by atoms with E-state index in [1.54, 1.807) is 13.8 Å². The van der Waals surface area contributed by atoms with Crippen molar-refractivity contribution < 1.29 is 9.53 Å². The third-order valence-corrected chi connectivity index (χ3v) is 3.42. The van der Waals surface area contributed by atoms with Crippen LogP contribution in [0.15, 0.2) is 54.6 Å². The first kappa shape index (κ1) is 17.2. The van der Waals surface area contributed by atoms with Gasteiger partial charge in [-0.15, -0.1) is 0 Å². The van der Waals surface area contributed by atoms with E-state index in [9.17, 15) is 4.79 Å². The van der Waals surface area contributed by atoms with Crippen LogP contribution in [-0.2, 0) is 22.6 Å². The number of anilines is 1. The van der Waals surface area contributed by atoms with Crippen LogP contribution < -0.4 is 11.1 Å². The van der Waals surface area contributed by atoms with Crippen LogP contribution in [0.25, 0.3) is 0 Å². The molecule has 4 nitrogen and oxygen atoms in total. The summed E-state index contributed by atoms with van der Waals surface area (Å²) in [7, 11) is 0. The van der Waals surface area contributed by atoms with Gasteiger partial charge in [0.25, 0.3) is 0 Å². The first-order chi connectivity index (χ1) is 10.9. The van der Waals surface area contributed by atoms with Crippen LogP contribution >= 0.6 is 0 Å². The van der Waals surface area contributed by atoms with Crippen molar-refractivity contribution in [2.45, 2.75) is 32.4 Å². The fraction of sp³-hybridized carbons (Fsp3) is 0.316. The van der Waals surface area contributed by atoms with Crippen molar-refractivity contribution in [2.75, 3.05) is 11.9 Å². The molecule has 122 valence electrons. The van der Waals surface area contributed by atoms with Gasteiger partial charge in [-0.25, -0.2) is 0 Å². The van der Waals surface area contributed by atoms with Crippen molar-refractivity contribution in [2.24, 2.45) is 5.73 Å².